The maximum Gasteiger partial charge on any atom is 0.327 e. The summed E-state index contributed by atoms with van der Waals surface area (Å²) in [6, 6.07) is 0. The molecule has 0 spiro atoms. The number of ether oxygens (including phenoxy) is 1. The molecule has 0 amide bonds. The van der Waals surface area contributed by atoms with Crippen LogP contribution in [0.4, 0.5) is 0 Å². The Morgan fingerprint density at radius 1 is 1.35 bits per heavy atom. The lowest BCUT2D eigenvalue weighted by molar-refractivity contribution is -0.151. The Balaban J connectivity index is 2.64. The quantitative estimate of drug-likeness (QED) is 0.729. The molecular formula is C16H32N2O2. The summed E-state index contributed by atoms with van der Waals surface area (Å²) < 4.78 is 5.27. The van der Waals surface area contributed by atoms with Crippen LogP contribution in [0.1, 0.15) is 53.4 Å². The van der Waals surface area contributed by atoms with Gasteiger partial charge in [0.2, 0.25) is 0 Å². The molecule has 0 aromatic heterocycles. The van der Waals surface area contributed by atoms with Crippen molar-refractivity contribution in [2.75, 3.05) is 32.8 Å². The predicted octanol–water partition coefficient (Wildman–Crippen LogP) is 2.43. The smallest absolute Gasteiger partial charge is 0.327 e. The number of likely N-dealkylation sites (tertiary alicyclic amines) is 1. The Bertz CT molecular complexity index is 296. The number of carbonyl (C=O) groups is 1. The molecule has 0 aromatic carbocycles. The SMILES string of the molecule is CCCNC(C)(CN1CCCC(C)CC1)C(=O)OCC. The van der Waals surface area contributed by atoms with Gasteiger partial charge < -0.3 is 15.0 Å². The molecule has 1 saturated heterocycles. The summed E-state index contributed by atoms with van der Waals surface area (Å²) in [6.07, 6.45) is 4.78. The summed E-state index contributed by atoms with van der Waals surface area (Å²) in [5, 5.41) is 3.39. The summed E-state index contributed by atoms with van der Waals surface area (Å²) in [7, 11) is 0. The van der Waals surface area contributed by atoms with E-state index in [1.54, 1.807) is 0 Å². The second-order valence-electron chi connectivity index (χ2n) is 6.29. The van der Waals surface area contributed by atoms with Crippen molar-refractivity contribution in [2.24, 2.45) is 5.92 Å². The molecule has 118 valence electrons. The van der Waals surface area contributed by atoms with E-state index < -0.39 is 5.54 Å². The van der Waals surface area contributed by atoms with Gasteiger partial charge in [-0.2, -0.15) is 0 Å². The molecule has 2 atom stereocenters. The van der Waals surface area contributed by atoms with Crippen LogP contribution in [0.5, 0.6) is 0 Å². The predicted molar refractivity (Wildman–Crippen MR) is 82.8 cm³/mol. The zero-order valence-electron chi connectivity index (χ0n) is 13.7. The lowest BCUT2D eigenvalue weighted by atomic mass is 10.0. The molecule has 0 saturated carbocycles. The van der Waals surface area contributed by atoms with Gasteiger partial charge in [-0.3, -0.25) is 4.79 Å². The van der Waals surface area contributed by atoms with Gasteiger partial charge in [-0.25, -0.2) is 0 Å². The fourth-order valence-electron chi connectivity index (χ4n) is 2.81. The highest BCUT2D eigenvalue weighted by atomic mass is 16.5. The van der Waals surface area contributed by atoms with E-state index in [0.29, 0.717) is 6.61 Å². The van der Waals surface area contributed by atoms with Crippen LogP contribution in [0.15, 0.2) is 0 Å². The lowest BCUT2D eigenvalue weighted by Crippen LogP contribution is -2.58. The van der Waals surface area contributed by atoms with E-state index >= 15 is 0 Å². The molecule has 1 N–H and O–H groups in total. The molecule has 4 nitrogen and oxygen atoms in total. The van der Waals surface area contributed by atoms with E-state index in [4.69, 9.17) is 4.74 Å². The van der Waals surface area contributed by atoms with Gasteiger partial charge in [-0.05, 0) is 65.1 Å². The second-order valence-corrected chi connectivity index (χ2v) is 6.29. The molecule has 0 radical (unpaired) electrons. The van der Waals surface area contributed by atoms with Crippen molar-refractivity contribution in [1.29, 1.82) is 0 Å². The Kier molecular flexibility index (Phi) is 7.52. The number of esters is 1. The first-order chi connectivity index (χ1) is 9.51. The maximum absolute atomic E-state index is 12.3. The van der Waals surface area contributed by atoms with E-state index in [-0.39, 0.29) is 5.97 Å². The molecule has 1 rings (SSSR count). The van der Waals surface area contributed by atoms with Gasteiger partial charge in [0, 0.05) is 6.54 Å². The van der Waals surface area contributed by atoms with Crippen LogP contribution in [0.25, 0.3) is 0 Å². The van der Waals surface area contributed by atoms with Crippen LogP contribution in [-0.2, 0) is 9.53 Å². The van der Waals surface area contributed by atoms with Crippen LogP contribution >= 0.6 is 0 Å². The van der Waals surface area contributed by atoms with Crippen LogP contribution in [0, 0.1) is 5.92 Å². The van der Waals surface area contributed by atoms with Crippen molar-refractivity contribution >= 4 is 5.97 Å². The molecule has 0 aliphatic carbocycles. The van der Waals surface area contributed by atoms with E-state index in [1.165, 1.54) is 19.3 Å². The van der Waals surface area contributed by atoms with E-state index in [9.17, 15) is 4.79 Å². The van der Waals surface area contributed by atoms with Gasteiger partial charge in [0.05, 0.1) is 6.61 Å². The molecule has 1 aliphatic rings. The summed E-state index contributed by atoms with van der Waals surface area (Å²) in [6.45, 7) is 12.5. The number of hydrogen-bond donors (Lipinski definition) is 1. The highest BCUT2D eigenvalue weighted by Gasteiger charge is 2.36. The summed E-state index contributed by atoms with van der Waals surface area (Å²) in [5.74, 6) is 0.684. The molecule has 0 aromatic rings. The van der Waals surface area contributed by atoms with Crippen molar-refractivity contribution in [3.8, 4) is 0 Å². The molecule has 2 unspecified atom stereocenters. The Morgan fingerprint density at radius 2 is 2.10 bits per heavy atom. The second kappa shape index (κ2) is 8.63. The number of nitrogens with one attached hydrogen (secondary N) is 1. The van der Waals surface area contributed by atoms with Crippen molar-refractivity contribution < 1.29 is 9.53 Å². The van der Waals surface area contributed by atoms with Crippen LogP contribution in [-0.4, -0.2) is 49.2 Å². The first-order valence-electron chi connectivity index (χ1n) is 8.16. The number of hydrogen-bond acceptors (Lipinski definition) is 4. The minimum atomic E-state index is -0.584. The lowest BCUT2D eigenvalue weighted by Gasteiger charge is -2.34. The first kappa shape index (κ1) is 17.4. The van der Waals surface area contributed by atoms with Gasteiger partial charge >= 0.3 is 5.97 Å². The zero-order valence-corrected chi connectivity index (χ0v) is 13.7. The van der Waals surface area contributed by atoms with Gasteiger partial charge in [0.1, 0.15) is 5.54 Å². The highest BCUT2D eigenvalue weighted by Crippen LogP contribution is 2.19. The number of rotatable bonds is 7. The number of nitrogens with zero attached hydrogens (tertiary/aromatic N) is 1. The molecule has 20 heavy (non-hydrogen) atoms. The molecule has 1 aliphatic heterocycles. The van der Waals surface area contributed by atoms with Gasteiger partial charge in [0.25, 0.3) is 0 Å². The summed E-state index contributed by atoms with van der Waals surface area (Å²) in [4.78, 5) is 14.7. The van der Waals surface area contributed by atoms with Gasteiger partial charge in [-0.1, -0.05) is 13.8 Å². The molecule has 1 heterocycles. The monoisotopic (exact) mass is 284 g/mol. The summed E-state index contributed by atoms with van der Waals surface area (Å²) >= 11 is 0. The Labute approximate surface area is 124 Å². The van der Waals surface area contributed by atoms with Gasteiger partial charge in [0.15, 0.2) is 0 Å². The zero-order chi connectivity index (χ0) is 15.0. The number of carbonyl (C=O) groups excluding carboxylic acids is 1. The fourth-order valence-corrected chi connectivity index (χ4v) is 2.81. The third-order valence-electron chi connectivity index (χ3n) is 4.14. The molecule has 4 heteroatoms. The van der Waals surface area contributed by atoms with Crippen LogP contribution in [0.3, 0.4) is 0 Å². The van der Waals surface area contributed by atoms with E-state index in [2.05, 4.69) is 24.1 Å². The Hall–Kier alpha value is -0.610. The van der Waals surface area contributed by atoms with Crippen molar-refractivity contribution in [3.63, 3.8) is 0 Å². The van der Waals surface area contributed by atoms with E-state index in [0.717, 1.165) is 38.5 Å². The average molecular weight is 284 g/mol. The van der Waals surface area contributed by atoms with Crippen LogP contribution < -0.4 is 5.32 Å². The average Bonchev–Trinajstić information content (AvgIpc) is 2.62. The van der Waals surface area contributed by atoms with Crippen molar-refractivity contribution in [1.82, 2.24) is 10.2 Å². The van der Waals surface area contributed by atoms with Crippen molar-refractivity contribution in [3.05, 3.63) is 0 Å². The topological polar surface area (TPSA) is 41.6 Å². The van der Waals surface area contributed by atoms with E-state index in [1.807, 2.05) is 13.8 Å². The highest BCUT2D eigenvalue weighted by molar-refractivity contribution is 5.80. The minimum Gasteiger partial charge on any atom is -0.465 e. The van der Waals surface area contributed by atoms with Crippen LogP contribution in [0.2, 0.25) is 0 Å². The summed E-state index contributed by atoms with van der Waals surface area (Å²) in [5.41, 5.74) is -0.584. The van der Waals surface area contributed by atoms with Gasteiger partial charge in [-0.15, -0.1) is 0 Å². The molecule has 1 fully saturated rings. The maximum atomic E-state index is 12.3. The fraction of sp³-hybridized carbons (Fsp3) is 0.938. The van der Waals surface area contributed by atoms with Crippen molar-refractivity contribution in [2.45, 2.75) is 58.9 Å². The minimum absolute atomic E-state index is 0.120. The standard InChI is InChI=1S/C16H32N2O2/c1-5-10-17-16(4,15(19)20-6-2)13-18-11-7-8-14(3)9-12-18/h14,17H,5-13H2,1-4H3. The first-order valence-corrected chi connectivity index (χ1v) is 8.16. The third-order valence-corrected chi connectivity index (χ3v) is 4.14. The largest absolute Gasteiger partial charge is 0.465 e. The Morgan fingerprint density at radius 3 is 2.75 bits per heavy atom. The third kappa shape index (κ3) is 5.41. The molecule has 0 bridgehead atoms. The normalized spacial score (nSPS) is 23.9. The molecular weight excluding hydrogens is 252 g/mol.